The van der Waals surface area contributed by atoms with E-state index >= 15 is 0 Å². The number of thioether (sulfide) groups is 1. The van der Waals surface area contributed by atoms with E-state index in [0.717, 1.165) is 32.1 Å². The van der Waals surface area contributed by atoms with Crippen molar-refractivity contribution >= 4 is 56.0 Å². The Bertz CT molecular complexity index is 1190. The third-order valence-corrected chi connectivity index (χ3v) is 6.67. The highest BCUT2D eigenvalue weighted by atomic mass is 35.5. The molecule has 0 saturated carbocycles. The first kappa shape index (κ1) is 20.8. The van der Waals surface area contributed by atoms with E-state index in [2.05, 4.69) is 11.9 Å². The van der Waals surface area contributed by atoms with Crippen molar-refractivity contribution in [3.63, 3.8) is 0 Å². The molecule has 0 aliphatic heterocycles. The quantitative estimate of drug-likeness (QED) is 0.308. The zero-order valence-corrected chi connectivity index (χ0v) is 19.0. The maximum absolute atomic E-state index is 13.6. The number of halogens is 1. The number of pyridine rings is 1. The van der Waals surface area contributed by atoms with Crippen LogP contribution in [0.3, 0.4) is 0 Å². The van der Waals surface area contributed by atoms with Crippen LogP contribution in [0.1, 0.15) is 28.5 Å². The summed E-state index contributed by atoms with van der Waals surface area (Å²) in [6.07, 6.45) is 1.73. The summed E-state index contributed by atoms with van der Waals surface area (Å²) < 4.78 is 0.962. The maximum Gasteiger partial charge on any atom is 0.260 e. The van der Waals surface area contributed by atoms with Crippen molar-refractivity contribution < 1.29 is 4.79 Å². The number of aromatic nitrogens is 2. The Morgan fingerprint density at radius 1 is 1.17 bits per heavy atom. The number of hydrogen-bond donors (Lipinski definition) is 0. The van der Waals surface area contributed by atoms with Crippen LogP contribution in [0.2, 0.25) is 5.02 Å². The highest BCUT2D eigenvalue weighted by Gasteiger charge is 2.23. The number of aryl methyl sites for hydroxylation is 1. The first-order chi connectivity index (χ1) is 14.5. The maximum atomic E-state index is 13.6. The van der Waals surface area contributed by atoms with Crippen LogP contribution >= 0.6 is 34.7 Å². The molecule has 2 aromatic carbocycles. The highest BCUT2D eigenvalue weighted by molar-refractivity contribution is 7.99. The molecule has 0 radical (unpaired) electrons. The molecule has 0 spiro atoms. The lowest BCUT2D eigenvalue weighted by Crippen LogP contribution is -2.30. The van der Waals surface area contributed by atoms with Gasteiger partial charge < -0.3 is 0 Å². The smallest absolute Gasteiger partial charge is 0.260 e. The summed E-state index contributed by atoms with van der Waals surface area (Å²) in [6, 6.07) is 17.2. The molecule has 2 heterocycles. The second-order valence-electron chi connectivity index (χ2n) is 6.74. The lowest BCUT2D eigenvalue weighted by atomic mass is 10.2. The van der Waals surface area contributed by atoms with E-state index in [1.165, 1.54) is 11.3 Å². The van der Waals surface area contributed by atoms with Crippen LogP contribution in [0.25, 0.3) is 10.2 Å². The Morgan fingerprint density at radius 3 is 2.80 bits per heavy atom. The number of thiazole rings is 1. The predicted molar refractivity (Wildman–Crippen MR) is 127 cm³/mol. The van der Waals surface area contributed by atoms with Gasteiger partial charge in [0.15, 0.2) is 5.13 Å². The zero-order valence-electron chi connectivity index (χ0n) is 16.6. The molecule has 2 aromatic heterocycles. The normalized spacial score (nSPS) is 11.0. The number of nitrogens with zero attached hydrogens (tertiary/aromatic N) is 3. The summed E-state index contributed by atoms with van der Waals surface area (Å²) in [4.78, 5) is 25.5. The number of anilines is 1. The van der Waals surface area contributed by atoms with Crippen LogP contribution in [-0.4, -0.2) is 21.6 Å². The molecular formula is C23H20ClN3OS2. The van der Waals surface area contributed by atoms with Gasteiger partial charge in [0.25, 0.3) is 5.91 Å². The minimum Gasteiger partial charge on any atom is -0.278 e. The minimum atomic E-state index is -0.0954. The predicted octanol–water partition coefficient (Wildman–Crippen LogP) is 6.61. The Morgan fingerprint density at radius 2 is 2.03 bits per heavy atom. The van der Waals surface area contributed by atoms with Gasteiger partial charge in [0.1, 0.15) is 0 Å². The van der Waals surface area contributed by atoms with Gasteiger partial charge >= 0.3 is 0 Å². The Balaban J connectivity index is 1.77. The van der Waals surface area contributed by atoms with Gasteiger partial charge in [-0.2, -0.15) is 0 Å². The van der Waals surface area contributed by atoms with E-state index in [0.29, 0.717) is 22.3 Å². The van der Waals surface area contributed by atoms with Gasteiger partial charge in [-0.1, -0.05) is 42.0 Å². The van der Waals surface area contributed by atoms with Crippen molar-refractivity contribution in [2.24, 2.45) is 0 Å². The molecule has 1 amide bonds. The molecular weight excluding hydrogens is 434 g/mol. The Labute approximate surface area is 188 Å². The number of fused-ring (bicyclic) bond motifs is 1. The van der Waals surface area contributed by atoms with E-state index in [9.17, 15) is 4.79 Å². The molecule has 0 fully saturated rings. The third kappa shape index (κ3) is 4.51. The summed E-state index contributed by atoms with van der Waals surface area (Å²) in [7, 11) is 0. The molecule has 0 saturated heterocycles. The summed E-state index contributed by atoms with van der Waals surface area (Å²) in [5.41, 5.74) is 3.30. The molecule has 30 heavy (non-hydrogen) atoms. The van der Waals surface area contributed by atoms with Crippen LogP contribution in [0.15, 0.2) is 65.7 Å². The molecule has 0 N–H and O–H groups in total. The Hall–Kier alpha value is -2.41. The molecule has 0 atom stereocenters. The summed E-state index contributed by atoms with van der Waals surface area (Å²) in [6.45, 7) is 4.42. The first-order valence-electron chi connectivity index (χ1n) is 9.56. The molecule has 0 aliphatic rings. The van der Waals surface area contributed by atoms with Crippen molar-refractivity contribution in [1.29, 1.82) is 0 Å². The molecule has 7 heteroatoms. The van der Waals surface area contributed by atoms with Crippen molar-refractivity contribution in [1.82, 2.24) is 9.97 Å². The van der Waals surface area contributed by atoms with E-state index in [-0.39, 0.29) is 5.91 Å². The monoisotopic (exact) mass is 453 g/mol. The first-order valence-corrected chi connectivity index (χ1v) is 11.7. The largest absolute Gasteiger partial charge is 0.278 e. The number of benzene rings is 2. The topological polar surface area (TPSA) is 46.1 Å². The fraction of sp³-hybridized carbons (Fsp3) is 0.174. The third-order valence-electron chi connectivity index (χ3n) is 4.55. The van der Waals surface area contributed by atoms with E-state index in [4.69, 9.17) is 16.6 Å². The standard InChI is InChI=1S/C23H20ClN3OS2/c1-3-29-19-9-6-7-16(12-19)22(28)27(14-18-8-4-5-10-25-18)23-26-21-15(2)11-17(24)13-20(21)30-23/h4-13H,3,14H2,1-2H3. The van der Waals surface area contributed by atoms with Crippen LogP contribution in [0.5, 0.6) is 0 Å². The minimum absolute atomic E-state index is 0.0954. The molecule has 0 unspecified atom stereocenters. The number of rotatable bonds is 6. The molecule has 152 valence electrons. The summed E-state index contributed by atoms with van der Waals surface area (Å²) in [5, 5.41) is 1.31. The van der Waals surface area contributed by atoms with Gasteiger partial charge in [-0.15, -0.1) is 11.8 Å². The average Bonchev–Trinajstić information content (AvgIpc) is 3.17. The summed E-state index contributed by atoms with van der Waals surface area (Å²) >= 11 is 9.42. The average molecular weight is 454 g/mol. The second kappa shape index (κ2) is 9.16. The molecule has 0 bridgehead atoms. The molecule has 4 rings (SSSR count). The molecule has 0 aliphatic carbocycles. The second-order valence-corrected chi connectivity index (χ2v) is 9.52. The van der Waals surface area contributed by atoms with Gasteiger partial charge in [-0.05, 0) is 60.7 Å². The van der Waals surface area contributed by atoms with Gasteiger partial charge in [0, 0.05) is 21.7 Å². The fourth-order valence-electron chi connectivity index (χ4n) is 3.18. The lowest BCUT2D eigenvalue weighted by Gasteiger charge is -2.20. The van der Waals surface area contributed by atoms with Crippen LogP contribution < -0.4 is 4.90 Å². The van der Waals surface area contributed by atoms with Crippen LogP contribution in [-0.2, 0) is 6.54 Å². The van der Waals surface area contributed by atoms with E-state index in [1.54, 1.807) is 22.9 Å². The number of hydrogen-bond acceptors (Lipinski definition) is 5. The summed E-state index contributed by atoms with van der Waals surface area (Å²) in [5.74, 6) is 0.856. The number of amides is 1. The van der Waals surface area contributed by atoms with Crippen molar-refractivity contribution in [3.05, 3.63) is 82.6 Å². The number of carbonyl (C=O) groups excluding carboxylic acids is 1. The lowest BCUT2D eigenvalue weighted by molar-refractivity contribution is 0.0984. The SMILES string of the molecule is CCSc1cccc(C(=O)N(Cc2ccccn2)c2nc3c(C)cc(Cl)cc3s2)c1. The van der Waals surface area contributed by atoms with Crippen LogP contribution in [0, 0.1) is 6.92 Å². The van der Waals surface area contributed by atoms with Crippen molar-refractivity contribution in [2.75, 3.05) is 10.7 Å². The molecule has 4 nitrogen and oxygen atoms in total. The van der Waals surface area contributed by atoms with Gasteiger partial charge in [-0.3, -0.25) is 14.7 Å². The fourth-order valence-corrected chi connectivity index (χ4v) is 5.32. The van der Waals surface area contributed by atoms with Crippen molar-refractivity contribution in [3.8, 4) is 0 Å². The van der Waals surface area contributed by atoms with Gasteiger partial charge in [-0.25, -0.2) is 4.98 Å². The van der Waals surface area contributed by atoms with Gasteiger partial charge in [0.2, 0.25) is 0 Å². The van der Waals surface area contributed by atoms with E-state index < -0.39 is 0 Å². The van der Waals surface area contributed by atoms with Crippen LogP contribution in [0.4, 0.5) is 5.13 Å². The molecule has 4 aromatic rings. The Kier molecular flexibility index (Phi) is 6.37. The zero-order chi connectivity index (χ0) is 21.1. The highest BCUT2D eigenvalue weighted by Crippen LogP contribution is 2.34. The van der Waals surface area contributed by atoms with E-state index in [1.807, 2.05) is 61.5 Å². The van der Waals surface area contributed by atoms with Gasteiger partial charge in [0.05, 0.1) is 22.5 Å². The number of carbonyl (C=O) groups is 1. The van der Waals surface area contributed by atoms with Crippen molar-refractivity contribution in [2.45, 2.75) is 25.3 Å².